The van der Waals surface area contributed by atoms with Gasteiger partial charge in [0, 0.05) is 6.61 Å². The van der Waals surface area contributed by atoms with Crippen molar-refractivity contribution in [3.05, 3.63) is 72.0 Å². The summed E-state index contributed by atoms with van der Waals surface area (Å²) in [5.74, 6) is -2.89. The van der Waals surface area contributed by atoms with Crippen molar-refractivity contribution in [2.75, 3.05) is 13.2 Å². The molecule has 7 heteroatoms. The van der Waals surface area contributed by atoms with Gasteiger partial charge in [-0.1, -0.05) is 49.4 Å². The lowest BCUT2D eigenvalue weighted by molar-refractivity contribution is -0.151. The van der Waals surface area contributed by atoms with E-state index in [-0.39, 0.29) is 17.7 Å². The first-order valence-corrected chi connectivity index (χ1v) is 11.6. The second-order valence-electron chi connectivity index (χ2n) is 8.54. The summed E-state index contributed by atoms with van der Waals surface area (Å²) in [5.41, 5.74) is 0.194. The summed E-state index contributed by atoms with van der Waals surface area (Å²) < 4.78 is 11.2. The molecule has 0 heterocycles. The molecule has 3 rings (SSSR count). The van der Waals surface area contributed by atoms with E-state index < -0.39 is 36.0 Å². The number of carboxylic acid groups (broad SMARTS) is 1. The van der Waals surface area contributed by atoms with Crippen LogP contribution in [0.3, 0.4) is 0 Å². The third-order valence-corrected chi connectivity index (χ3v) is 6.12. The van der Waals surface area contributed by atoms with E-state index in [2.05, 4.69) is 0 Å². The highest BCUT2D eigenvalue weighted by molar-refractivity contribution is 5.91. The predicted molar refractivity (Wildman–Crippen MR) is 127 cm³/mol. The van der Waals surface area contributed by atoms with Gasteiger partial charge in [0.15, 0.2) is 5.60 Å². The molecule has 34 heavy (non-hydrogen) atoms. The number of aliphatic hydroxyl groups excluding tert-OH is 2. The summed E-state index contributed by atoms with van der Waals surface area (Å²) >= 11 is 0. The Bertz CT molecular complexity index is 1000. The van der Waals surface area contributed by atoms with Gasteiger partial charge in [-0.3, -0.25) is 4.79 Å². The molecule has 0 saturated heterocycles. The number of aliphatic hydroxyl groups is 2. The lowest BCUT2D eigenvalue weighted by Gasteiger charge is -2.36. The van der Waals surface area contributed by atoms with Crippen LogP contribution in [0.4, 0.5) is 0 Å². The molecule has 0 unspecified atom stereocenters. The van der Waals surface area contributed by atoms with Crippen molar-refractivity contribution in [1.82, 2.24) is 0 Å². The van der Waals surface area contributed by atoms with E-state index in [0.29, 0.717) is 26.1 Å². The molecule has 1 aliphatic carbocycles. The Balaban J connectivity index is 1.85. The van der Waals surface area contributed by atoms with Gasteiger partial charge in [-0.05, 0) is 55.0 Å². The molecule has 182 valence electrons. The van der Waals surface area contributed by atoms with Crippen molar-refractivity contribution in [3.8, 4) is 11.1 Å². The number of hydrogen-bond donors (Lipinski definition) is 3. The number of carbonyl (C=O) groups is 2. The van der Waals surface area contributed by atoms with Crippen LogP contribution in [0, 0.1) is 5.92 Å². The highest BCUT2D eigenvalue weighted by Gasteiger charge is 2.56. The molecule has 2 aromatic rings. The van der Waals surface area contributed by atoms with E-state index in [1.807, 2.05) is 43.3 Å². The molecule has 0 amide bonds. The molecule has 1 fully saturated rings. The number of benzene rings is 2. The van der Waals surface area contributed by atoms with Crippen molar-refractivity contribution in [2.45, 2.75) is 50.7 Å². The number of ether oxygens (including phenoxy) is 2. The minimum atomic E-state index is -1.77. The molecule has 1 aliphatic rings. The Morgan fingerprint density at radius 2 is 1.76 bits per heavy atom. The summed E-state index contributed by atoms with van der Waals surface area (Å²) in [5, 5.41) is 31.1. The fraction of sp³-hybridized carbons (Fsp3) is 0.407. The van der Waals surface area contributed by atoms with Crippen LogP contribution in [-0.4, -0.2) is 52.2 Å². The van der Waals surface area contributed by atoms with Gasteiger partial charge in [-0.15, -0.1) is 0 Å². The van der Waals surface area contributed by atoms with Gasteiger partial charge in [0.05, 0.1) is 36.4 Å². The summed E-state index contributed by atoms with van der Waals surface area (Å²) in [6.07, 6.45) is 1.53. The van der Waals surface area contributed by atoms with Crippen molar-refractivity contribution in [1.29, 1.82) is 0 Å². The van der Waals surface area contributed by atoms with Crippen molar-refractivity contribution >= 4 is 11.9 Å². The van der Waals surface area contributed by atoms with Crippen LogP contribution >= 0.6 is 0 Å². The highest BCUT2D eigenvalue weighted by atomic mass is 16.6. The zero-order valence-corrected chi connectivity index (χ0v) is 19.4. The third kappa shape index (κ3) is 6.04. The van der Waals surface area contributed by atoms with Gasteiger partial charge in [-0.2, -0.15) is 0 Å². The van der Waals surface area contributed by atoms with Crippen LogP contribution < -0.4 is 0 Å². The van der Waals surface area contributed by atoms with E-state index >= 15 is 0 Å². The molecule has 1 saturated carbocycles. The van der Waals surface area contributed by atoms with Crippen LogP contribution in [-0.2, 0) is 14.3 Å². The van der Waals surface area contributed by atoms with Crippen molar-refractivity contribution < 1.29 is 34.4 Å². The maximum Gasteiger partial charge on any atom is 0.338 e. The van der Waals surface area contributed by atoms with Crippen LogP contribution in [0.5, 0.6) is 0 Å². The number of carboxylic acids is 1. The molecule has 0 aliphatic heterocycles. The molecule has 2 aromatic carbocycles. The minimum absolute atomic E-state index is 0.0938. The van der Waals surface area contributed by atoms with Gasteiger partial charge >= 0.3 is 11.9 Å². The summed E-state index contributed by atoms with van der Waals surface area (Å²) in [6.45, 7) is 3.02. The molecule has 0 radical (unpaired) electrons. The van der Waals surface area contributed by atoms with Crippen LogP contribution in [0.2, 0.25) is 0 Å². The summed E-state index contributed by atoms with van der Waals surface area (Å²) in [4.78, 5) is 24.9. The van der Waals surface area contributed by atoms with Crippen LogP contribution in [0.15, 0.2) is 66.4 Å². The summed E-state index contributed by atoms with van der Waals surface area (Å²) in [7, 11) is 0. The Kier molecular flexibility index (Phi) is 8.85. The topological polar surface area (TPSA) is 113 Å². The second kappa shape index (κ2) is 11.8. The highest BCUT2D eigenvalue weighted by Crippen LogP contribution is 2.45. The quantitative estimate of drug-likeness (QED) is 0.248. The molecular formula is C27H32O7. The largest absolute Gasteiger partial charge is 0.512 e. The van der Waals surface area contributed by atoms with E-state index in [0.717, 1.165) is 17.5 Å². The first-order valence-electron chi connectivity index (χ1n) is 11.6. The minimum Gasteiger partial charge on any atom is -0.512 e. The summed E-state index contributed by atoms with van der Waals surface area (Å²) in [6, 6.07) is 16.4. The second-order valence-corrected chi connectivity index (χ2v) is 8.54. The number of aliphatic carboxylic acids is 1. The van der Waals surface area contributed by atoms with E-state index in [1.54, 1.807) is 24.3 Å². The fourth-order valence-corrected chi connectivity index (χ4v) is 4.46. The number of carbonyl (C=O) groups excluding carboxylic acids is 1. The SMILES string of the molecule is CCCOCCC=C(O)[C@H]1CC[C@H](O)[C@@]1(CC(=O)O)OC(=O)c1cccc(-c2ccccc2)c1. The maximum atomic E-state index is 13.2. The maximum absolute atomic E-state index is 13.2. The molecule has 3 atom stereocenters. The van der Waals surface area contributed by atoms with E-state index in [4.69, 9.17) is 9.47 Å². The average Bonchev–Trinajstić information content (AvgIpc) is 3.14. The first kappa shape index (κ1) is 25.5. The average molecular weight is 469 g/mol. The van der Waals surface area contributed by atoms with Gasteiger partial charge in [-0.25, -0.2) is 4.79 Å². The molecule has 0 bridgehead atoms. The van der Waals surface area contributed by atoms with E-state index in [9.17, 15) is 24.9 Å². The Hall–Kier alpha value is -3.16. The normalized spacial score (nSPS) is 22.5. The van der Waals surface area contributed by atoms with Crippen molar-refractivity contribution in [2.24, 2.45) is 5.92 Å². The zero-order valence-electron chi connectivity index (χ0n) is 19.4. The van der Waals surface area contributed by atoms with Gasteiger partial charge in [0.25, 0.3) is 0 Å². The number of hydrogen-bond acceptors (Lipinski definition) is 6. The molecule has 7 nitrogen and oxygen atoms in total. The molecule has 0 aromatic heterocycles. The van der Waals surface area contributed by atoms with E-state index in [1.165, 1.54) is 0 Å². The number of rotatable bonds is 11. The predicted octanol–water partition coefficient (Wildman–Crippen LogP) is 4.75. The van der Waals surface area contributed by atoms with Gasteiger partial charge in [0.2, 0.25) is 0 Å². The Morgan fingerprint density at radius 3 is 2.47 bits per heavy atom. The molecule has 0 spiro atoms. The monoisotopic (exact) mass is 468 g/mol. The number of esters is 1. The zero-order chi connectivity index (χ0) is 24.6. The standard InChI is InChI=1S/C27H32O7/c1-2-15-33-16-7-12-23(28)22-13-14-24(29)27(22,18-25(30)31)34-26(32)21-11-6-10-20(17-21)19-8-4-3-5-9-19/h3-6,8-12,17,22,24,28-29H,2,7,13-16,18H2,1H3,(H,30,31)/t22-,24+,27+/m1/s1. The van der Waals surface area contributed by atoms with Crippen molar-refractivity contribution in [3.63, 3.8) is 0 Å². The molecule has 3 N–H and O–H groups in total. The van der Waals surface area contributed by atoms with Gasteiger partial charge < -0.3 is 24.8 Å². The first-order chi connectivity index (χ1) is 16.4. The Labute approximate surface area is 199 Å². The lowest BCUT2D eigenvalue weighted by atomic mass is 9.84. The molecular weight excluding hydrogens is 436 g/mol. The van der Waals surface area contributed by atoms with Crippen LogP contribution in [0.1, 0.15) is 49.4 Å². The van der Waals surface area contributed by atoms with Crippen LogP contribution in [0.25, 0.3) is 11.1 Å². The lowest BCUT2D eigenvalue weighted by Crippen LogP contribution is -2.49. The third-order valence-electron chi connectivity index (χ3n) is 6.12. The smallest absolute Gasteiger partial charge is 0.338 e. The van der Waals surface area contributed by atoms with Gasteiger partial charge in [0.1, 0.15) is 0 Å². The fourth-order valence-electron chi connectivity index (χ4n) is 4.46. The Morgan fingerprint density at radius 1 is 1.03 bits per heavy atom.